The molecule has 0 N–H and O–H groups in total. The second-order valence-corrected chi connectivity index (χ2v) is 5.53. The fourth-order valence-corrected chi connectivity index (χ4v) is 3.03. The lowest BCUT2D eigenvalue weighted by Gasteiger charge is -2.16. The fraction of sp³-hybridized carbons (Fsp3) is 0.250. The zero-order valence-electron chi connectivity index (χ0n) is 8.41. The van der Waals surface area contributed by atoms with E-state index in [4.69, 9.17) is 6.42 Å². The first-order chi connectivity index (χ1) is 7.60. The van der Waals surface area contributed by atoms with Crippen molar-refractivity contribution in [2.24, 2.45) is 5.92 Å². The molecule has 1 aromatic rings. The summed E-state index contributed by atoms with van der Waals surface area (Å²) in [6.07, 6.45) is 5.79. The van der Waals surface area contributed by atoms with Gasteiger partial charge in [0.25, 0.3) is 0 Å². The van der Waals surface area contributed by atoms with Crippen LogP contribution in [0.1, 0.15) is 6.42 Å². The van der Waals surface area contributed by atoms with Gasteiger partial charge in [-0.3, -0.25) is 4.79 Å². The van der Waals surface area contributed by atoms with E-state index in [-0.39, 0.29) is 11.8 Å². The maximum Gasteiger partial charge on any atom is 0.228 e. The number of benzene rings is 1. The standard InChI is InChI=1S/C12H9Br2NO/c1-2-8-3-12(16)15(7-8)11-5-9(13)4-10(14)6-11/h1,4-6,8H,3,7H2. The average molecular weight is 343 g/mol. The van der Waals surface area contributed by atoms with E-state index in [1.54, 1.807) is 4.90 Å². The Kier molecular flexibility index (Phi) is 3.36. The van der Waals surface area contributed by atoms with E-state index in [1.807, 2.05) is 18.2 Å². The minimum absolute atomic E-state index is 0.0326. The van der Waals surface area contributed by atoms with E-state index in [0.717, 1.165) is 14.6 Å². The lowest BCUT2D eigenvalue weighted by Crippen LogP contribution is -2.24. The first kappa shape index (κ1) is 11.7. The monoisotopic (exact) mass is 341 g/mol. The van der Waals surface area contributed by atoms with Crippen LogP contribution in [0.4, 0.5) is 5.69 Å². The molecule has 0 radical (unpaired) electrons. The number of terminal acetylenes is 1. The molecule has 1 atom stereocenters. The zero-order chi connectivity index (χ0) is 11.7. The zero-order valence-corrected chi connectivity index (χ0v) is 11.6. The van der Waals surface area contributed by atoms with Gasteiger partial charge in [0.05, 0.1) is 0 Å². The molecule has 16 heavy (non-hydrogen) atoms. The molecule has 2 nitrogen and oxygen atoms in total. The highest BCUT2D eigenvalue weighted by Crippen LogP contribution is 2.30. The molecule has 1 unspecified atom stereocenters. The van der Waals surface area contributed by atoms with Gasteiger partial charge in [0.2, 0.25) is 5.91 Å². The first-order valence-corrected chi connectivity index (χ1v) is 6.41. The third kappa shape index (κ3) is 2.31. The van der Waals surface area contributed by atoms with Crippen molar-refractivity contribution in [1.82, 2.24) is 0 Å². The van der Waals surface area contributed by atoms with Gasteiger partial charge in [0, 0.05) is 33.5 Å². The van der Waals surface area contributed by atoms with E-state index in [2.05, 4.69) is 37.8 Å². The van der Waals surface area contributed by atoms with Crippen LogP contribution in [0.3, 0.4) is 0 Å². The van der Waals surface area contributed by atoms with Gasteiger partial charge in [0.1, 0.15) is 0 Å². The molecule has 0 aliphatic carbocycles. The summed E-state index contributed by atoms with van der Waals surface area (Å²) in [4.78, 5) is 13.5. The van der Waals surface area contributed by atoms with Crippen molar-refractivity contribution in [3.05, 3.63) is 27.1 Å². The number of halogens is 2. The highest BCUT2D eigenvalue weighted by atomic mass is 79.9. The van der Waals surface area contributed by atoms with Crippen LogP contribution in [-0.4, -0.2) is 12.5 Å². The summed E-state index contributed by atoms with van der Waals surface area (Å²) in [5.41, 5.74) is 0.879. The van der Waals surface area contributed by atoms with E-state index >= 15 is 0 Å². The second-order valence-electron chi connectivity index (χ2n) is 3.70. The van der Waals surface area contributed by atoms with Gasteiger partial charge in [-0.15, -0.1) is 12.3 Å². The van der Waals surface area contributed by atoms with Gasteiger partial charge in [-0.1, -0.05) is 31.9 Å². The Bertz CT molecular complexity index is 458. The van der Waals surface area contributed by atoms with Crippen LogP contribution >= 0.6 is 31.9 Å². The third-order valence-corrected chi connectivity index (χ3v) is 3.44. The molecular weight excluding hydrogens is 334 g/mol. The largest absolute Gasteiger partial charge is 0.311 e. The van der Waals surface area contributed by atoms with Crippen LogP contribution in [-0.2, 0) is 4.79 Å². The molecule has 4 heteroatoms. The molecule has 0 spiro atoms. The molecule has 1 aliphatic heterocycles. The highest BCUT2D eigenvalue weighted by Gasteiger charge is 2.29. The Labute approximate surface area is 111 Å². The van der Waals surface area contributed by atoms with Gasteiger partial charge in [-0.25, -0.2) is 0 Å². The second kappa shape index (κ2) is 4.60. The van der Waals surface area contributed by atoms with Crippen LogP contribution in [0, 0.1) is 18.3 Å². The molecule has 0 aromatic heterocycles. The summed E-state index contributed by atoms with van der Waals surface area (Å²) in [7, 11) is 0. The molecule has 1 amide bonds. The van der Waals surface area contributed by atoms with E-state index in [9.17, 15) is 4.79 Å². The number of amides is 1. The van der Waals surface area contributed by atoms with Crippen molar-refractivity contribution in [3.8, 4) is 12.3 Å². The minimum Gasteiger partial charge on any atom is -0.311 e. The highest BCUT2D eigenvalue weighted by molar-refractivity contribution is 9.11. The Morgan fingerprint density at radius 1 is 1.31 bits per heavy atom. The molecule has 0 saturated carbocycles. The van der Waals surface area contributed by atoms with E-state index in [1.165, 1.54) is 0 Å². The number of carbonyl (C=O) groups is 1. The van der Waals surface area contributed by atoms with Crippen LogP contribution < -0.4 is 4.90 Å². The predicted molar refractivity (Wildman–Crippen MR) is 71.1 cm³/mol. The Morgan fingerprint density at radius 3 is 2.44 bits per heavy atom. The summed E-state index contributed by atoms with van der Waals surface area (Å²) >= 11 is 6.81. The van der Waals surface area contributed by atoms with Gasteiger partial charge in [-0.05, 0) is 18.2 Å². The molecule has 0 bridgehead atoms. The Morgan fingerprint density at radius 2 is 1.94 bits per heavy atom. The summed E-state index contributed by atoms with van der Waals surface area (Å²) in [6, 6.07) is 5.77. The molecule has 2 rings (SSSR count). The lowest BCUT2D eigenvalue weighted by molar-refractivity contribution is -0.117. The van der Waals surface area contributed by atoms with Crippen molar-refractivity contribution in [3.63, 3.8) is 0 Å². The summed E-state index contributed by atoms with van der Waals surface area (Å²) in [6.45, 7) is 0.609. The van der Waals surface area contributed by atoms with Crippen LogP contribution in [0.5, 0.6) is 0 Å². The molecule has 1 aliphatic rings. The summed E-state index contributed by atoms with van der Waals surface area (Å²) in [5.74, 6) is 2.76. The topological polar surface area (TPSA) is 20.3 Å². The number of hydrogen-bond acceptors (Lipinski definition) is 1. The van der Waals surface area contributed by atoms with E-state index < -0.39 is 0 Å². The predicted octanol–water partition coefficient (Wildman–Crippen LogP) is 3.20. The van der Waals surface area contributed by atoms with Crippen LogP contribution in [0.25, 0.3) is 0 Å². The number of hydrogen-bond donors (Lipinski definition) is 0. The number of rotatable bonds is 1. The molecule has 1 saturated heterocycles. The Balaban J connectivity index is 2.32. The molecular formula is C12H9Br2NO. The lowest BCUT2D eigenvalue weighted by atomic mass is 10.1. The number of nitrogens with zero attached hydrogens (tertiary/aromatic N) is 1. The van der Waals surface area contributed by atoms with Gasteiger partial charge < -0.3 is 4.90 Å². The summed E-state index contributed by atoms with van der Waals surface area (Å²) < 4.78 is 1.88. The van der Waals surface area contributed by atoms with Crippen molar-refractivity contribution >= 4 is 43.5 Å². The maximum atomic E-state index is 11.8. The quantitative estimate of drug-likeness (QED) is 0.718. The SMILES string of the molecule is C#CC1CC(=O)N(c2cc(Br)cc(Br)c2)C1. The number of anilines is 1. The van der Waals surface area contributed by atoms with Crippen molar-refractivity contribution in [1.29, 1.82) is 0 Å². The smallest absolute Gasteiger partial charge is 0.228 e. The average Bonchev–Trinajstić information content (AvgIpc) is 2.58. The molecule has 1 heterocycles. The molecule has 1 fully saturated rings. The minimum atomic E-state index is 0.0326. The normalized spacial score (nSPS) is 19.9. The van der Waals surface area contributed by atoms with E-state index in [0.29, 0.717) is 13.0 Å². The van der Waals surface area contributed by atoms with Gasteiger partial charge >= 0.3 is 0 Å². The number of carbonyl (C=O) groups excluding carboxylic acids is 1. The maximum absolute atomic E-state index is 11.8. The van der Waals surface area contributed by atoms with Gasteiger partial charge in [-0.2, -0.15) is 0 Å². The Hall–Kier alpha value is -0.790. The fourth-order valence-electron chi connectivity index (χ4n) is 1.76. The molecule has 1 aromatic carbocycles. The van der Waals surface area contributed by atoms with Crippen LogP contribution in [0.2, 0.25) is 0 Å². The van der Waals surface area contributed by atoms with Crippen molar-refractivity contribution in [2.45, 2.75) is 6.42 Å². The van der Waals surface area contributed by atoms with Crippen molar-refractivity contribution < 1.29 is 4.79 Å². The van der Waals surface area contributed by atoms with Crippen LogP contribution in [0.15, 0.2) is 27.1 Å². The van der Waals surface area contributed by atoms with Crippen molar-refractivity contribution in [2.75, 3.05) is 11.4 Å². The third-order valence-electron chi connectivity index (χ3n) is 2.52. The summed E-state index contributed by atoms with van der Waals surface area (Å²) in [5, 5.41) is 0. The van der Waals surface area contributed by atoms with Gasteiger partial charge in [0.15, 0.2) is 0 Å². The molecule has 82 valence electrons. The first-order valence-electron chi connectivity index (χ1n) is 4.82.